The summed E-state index contributed by atoms with van der Waals surface area (Å²) in [6.07, 6.45) is 0.792. The first-order valence-electron chi connectivity index (χ1n) is 6.08. The monoisotopic (exact) mass is 277 g/mol. The van der Waals surface area contributed by atoms with E-state index in [0.717, 1.165) is 17.7 Å². The summed E-state index contributed by atoms with van der Waals surface area (Å²) in [5, 5.41) is 5.64. The van der Waals surface area contributed by atoms with Gasteiger partial charge >= 0.3 is 11.8 Å². The van der Waals surface area contributed by atoms with E-state index in [1.807, 2.05) is 25.1 Å². The van der Waals surface area contributed by atoms with E-state index >= 15 is 0 Å². The Morgan fingerprint density at radius 3 is 2.68 bits per heavy atom. The zero-order chi connectivity index (χ0) is 13.7. The molecular formula is C13H15N3O2S. The summed E-state index contributed by atoms with van der Waals surface area (Å²) < 4.78 is 0. The van der Waals surface area contributed by atoms with Crippen molar-refractivity contribution in [2.24, 2.45) is 4.99 Å². The van der Waals surface area contributed by atoms with Crippen LogP contribution in [-0.2, 0) is 16.0 Å². The number of amides is 2. The van der Waals surface area contributed by atoms with Gasteiger partial charge in [-0.1, -0.05) is 36.9 Å². The molecule has 0 fully saturated rings. The molecule has 0 saturated carbocycles. The largest absolute Gasteiger partial charge is 0.318 e. The van der Waals surface area contributed by atoms with Crippen LogP contribution < -0.4 is 10.6 Å². The van der Waals surface area contributed by atoms with E-state index in [-0.39, 0.29) is 0 Å². The van der Waals surface area contributed by atoms with Crippen molar-refractivity contribution < 1.29 is 9.59 Å². The Hall–Kier alpha value is -1.82. The highest BCUT2D eigenvalue weighted by molar-refractivity contribution is 8.14. The number of benzene rings is 1. The van der Waals surface area contributed by atoms with Crippen LogP contribution in [0.3, 0.4) is 0 Å². The van der Waals surface area contributed by atoms with E-state index in [1.165, 1.54) is 11.8 Å². The fourth-order valence-electron chi connectivity index (χ4n) is 1.69. The van der Waals surface area contributed by atoms with Crippen LogP contribution in [0.2, 0.25) is 0 Å². The van der Waals surface area contributed by atoms with Crippen molar-refractivity contribution in [1.82, 2.24) is 5.32 Å². The van der Waals surface area contributed by atoms with Gasteiger partial charge in [0.15, 0.2) is 5.17 Å². The third kappa shape index (κ3) is 3.57. The molecule has 0 spiro atoms. The summed E-state index contributed by atoms with van der Waals surface area (Å²) in [5.41, 5.74) is 1.67. The highest BCUT2D eigenvalue weighted by Gasteiger charge is 2.18. The minimum absolute atomic E-state index is 0.518. The van der Waals surface area contributed by atoms with E-state index < -0.39 is 11.8 Å². The maximum absolute atomic E-state index is 11.8. The lowest BCUT2D eigenvalue weighted by atomic mass is 10.1. The molecule has 2 N–H and O–H groups in total. The molecule has 5 nitrogen and oxygen atoms in total. The van der Waals surface area contributed by atoms with Gasteiger partial charge in [-0.15, -0.1) is 0 Å². The number of rotatable bonds is 2. The number of aryl methyl sites for hydroxylation is 1. The van der Waals surface area contributed by atoms with E-state index in [1.54, 1.807) is 6.07 Å². The molecule has 0 unspecified atom stereocenters. The first-order valence-corrected chi connectivity index (χ1v) is 7.06. The molecule has 0 bridgehead atoms. The van der Waals surface area contributed by atoms with E-state index in [9.17, 15) is 9.59 Å². The fraction of sp³-hybridized carbons (Fsp3) is 0.308. The van der Waals surface area contributed by atoms with Gasteiger partial charge in [-0.05, 0) is 18.1 Å². The van der Waals surface area contributed by atoms with Gasteiger partial charge in [0.25, 0.3) is 0 Å². The molecular weight excluding hydrogens is 262 g/mol. The lowest BCUT2D eigenvalue weighted by molar-refractivity contribution is -0.135. The SMILES string of the molecule is CCc1ccccc1NC(=O)C(=O)NC1=NCCS1. The maximum atomic E-state index is 11.8. The molecule has 0 atom stereocenters. The Kier molecular flexibility index (Phi) is 4.57. The van der Waals surface area contributed by atoms with Gasteiger partial charge in [0.1, 0.15) is 0 Å². The zero-order valence-corrected chi connectivity index (χ0v) is 11.4. The number of thioether (sulfide) groups is 1. The first-order chi connectivity index (χ1) is 9.20. The van der Waals surface area contributed by atoms with Crippen LogP contribution in [0.5, 0.6) is 0 Å². The van der Waals surface area contributed by atoms with Crippen LogP contribution in [0, 0.1) is 0 Å². The Morgan fingerprint density at radius 2 is 2.00 bits per heavy atom. The molecule has 100 valence electrons. The third-order valence-corrected chi connectivity index (χ3v) is 3.55. The average Bonchev–Trinajstić information content (AvgIpc) is 2.92. The van der Waals surface area contributed by atoms with Gasteiger partial charge in [0.05, 0.1) is 6.54 Å². The molecule has 2 rings (SSSR count). The number of carbonyl (C=O) groups is 2. The number of hydrogen-bond acceptors (Lipinski definition) is 4. The van der Waals surface area contributed by atoms with Gasteiger partial charge < -0.3 is 5.32 Å². The van der Waals surface area contributed by atoms with E-state index in [0.29, 0.717) is 17.4 Å². The van der Waals surface area contributed by atoms with Crippen LogP contribution in [-0.4, -0.2) is 29.3 Å². The number of para-hydroxylation sites is 1. The second-order valence-electron chi connectivity index (χ2n) is 3.95. The summed E-state index contributed by atoms with van der Waals surface area (Å²) in [5.74, 6) is -0.509. The molecule has 1 aliphatic heterocycles. The molecule has 0 radical (unpaired) electrons. The lowest BCUT2D eigenvalue weighted by Gasteiger charge is -2.09. The molecule has 1 aromatic carbocycles. The van der Waals surface area contributed by atoms with Crippen molar-refractivity contribution in [1.29, 1.82) is 0 Å². The summed E-state index contributed by atoms with van der Waals surface area (Å²) in [7, 11) is 0. The quantitative estimate of drug-likeness (QED) is 0.803. The molecule has 1 aliphatic rings. The Morgan fingerprint density at radius 1 is 1.26 bits per heavy atom. The zero-order valence-electron chi connectivity index (χ0n) is 10.6. The van der Waals surface area contributed by atoms with Crippen LogP contribution in [0.4, 0.5) is 5.69 Å². The minimum atomic E-state index is -0.681. The number of carbonyl (C=O) groups excluding carboxylic acids is 2. The van der Waals surface area contributed by atoms with Crippen molar-refractivity contribution in [2.45, 2.75) is 13.3 Å². The molecule has 0 aromatic heterocycles. The topological polar surface area (TPSA) is 70.6 Å². The van der Waals surface area contributed by atoms with Gasteiger partial charge in [0.2, 0.25) is 0 Å². The molecule has 19 heavy (non-hydrogen) atoms. The Bertz CT molecular complexity index is 528. The van der Waals surface area contributed by atoms with Gasteiger partial charge in [0, 0.05) is 11.4 Å². The molecule has 1 aromatic rings. The first kappa shape index (κ1) is 13.6. The van der Waals surface area contributed by atoms with Crippen molar-refractivity contribution in [3.63, 3.8) is 0 Å². The van der Waals surface area contributed by atoms with Gasteiger partial charge in [-0.25, -0.2) is 0 Å². The number of anilines is 1. The summed E-state index contributed by atoms with van der Waals surface area (Å²) >= 11 is 1.44. The third-order valence-electron chi connectivity index (χ3n) is 2.66. The Labute approximate surface area is 115 Å². The van der Waals surface area contributed by atoms with Crippen molar-refractivity contribution in [3.8, 4) is 0 Å². The second-order valence-corrected chi connectivity index (χ2v) is 5.04. The van der Waals surface area contributed by atoms with Crippen molar-refractivity contribution in [2.75, 3.05) is 17.6 Å². The number of nitrogens with one attached hydrogen (secondary N) is 2. The summed E-state index contributed by atoms with van der Waals surface area (Å²) in [4.78, 5) is 27.5. The second kappa shape index (κ2) is 6.38. The standard InChI is InChI=1S/C13H15N3O2S/c1-2-9-5-3-4-6-10(9)15-11(17)12(18)16-13-14-7-8-19-13/h3-6H,2,7-8H2,1H3,(H,15,17)(H,14,16,18). The highest BCUT2D eigenvalue weighted by atomic mass is 32.2. The average molecular weight is 277 g/mol. The molecule has 0 saturated heterocycles. The van der Waals surface area contributed by atoms with Crippen molar-refractivity contribution in [3.05, 3.63) is 29.8 Å². The van der Waals surface area contributed by atoms with Crippen LogP contribution in [0.15, 0.2) is 29.3 Å². The van der Waals surface area contributed by atoms with Crippen LogP contribution in [0.1, 0.15) is 12.5 Å². The molecule has 1 heterocycles. The molecule has 6 heteroatoms. The summed E-state index contributed by atoms with van der Waals surface area (Å²) in [6, 6.07) is 7.43. The normalized spacial score (nSPS) is 13.8. The smallest absolute Gasteiger partial charge is 0.315 e. The van der Waals surface area contributed by atoms with Gasteiger partial charge in [-0.3, -0.25) is 19.9 Å². The van der Waals surface area contributed by atoms with Crippen LogP contribution >= 0.6 is 11.8 Å². The van der Waals surface area contributed by atoms with Crippen molar-refractivity contribution >= 4 is 34.4 Å². The number of amidine groups is 1. The lowest BCUT2D eigenvalue weighted by Crippen LogP contribution is -2.37. The van der Waals surface area contributed by atoms with E-state index in [4.69, 9.17) is 0 Å². The maximum Gasteiger partial charge on any atom is 0.315 e. The number of nitrogens with zero attached hydrogens (tertiary/aromatic N) is 1. The van der Waals surface area contributed by atoms with E-state index in [2.05, 4.69) is 15.6 Å². The fourth-order valence-corrected chi connectivity index (χ4v) is 2.42. The molecule has 0 aliphatic carbocycles. The summed E-state index contributed by atoms with van der Waals surface area (Å²) in [6.45, 7) is 2.68. The molecule has 2 amide bonds. The number of aliphatic imine (C=N–C) groups is 1. The Balaban J connectivity index is 1.98. The van der Waals surface area contributed by atoms with Gasteiger partial charge in [-0.2, -0.15) is 0 Å². The van der Waals surface area contributed by atoms with Crippen LogP contribution in [0.25, 0.3) is 0 Å². The number of hydrogen-bond donors (Lipinski definition) is 2. The predicted octanol–water partition coefficient (Wildman–Crippen LogP) is 1.41. The minimum Gasteiger partial charge on any atom is -0.318 e. The highest BCUT2D eigenvalue weighted by Crippen LogP contribution is 2.15. The predicted molar refractivity (Wildman–Crippen MR) is 77.4 cm³/mol.